The molecule has 2 aromatic carbocycles. The van der Waals surface area contributed by atoms with Gasteiger partial charge in [0.1, 0.15) is 11.9 Å². The maximum Gasteiger partial charge on any atom is 0.429 e. The van der Waals surface area contributed by atoms with E-state index in [-0.39, 0.29) is 34.1 Å². The van der Waals surface area contributed by atoms with Crippen LogP contribution in [0.25, 0.3) is 16.8 Å². The van der Waals surface area contributed by atoms with Gasteiger partial charge in [0.2, 0.25) is 17.9 Å². The van der Waals surface area contributed by atoms with Crippen molar-refractivity contribution < 1.29 is 37.7 Å². The van der Waals surface area contributed by atoms with Crippen molar-refractivity contribution in [3.05, 3.63) is 77.6 Å². The minimum Gasteiger partial charge on any atom is -0.480 e. The van der Waals surface area contributed by atoms with Crippen LogP contribution in [0.4, 0.5) is 24.9 Å². The summed E-state index contributed by atoms with van der Waals surface area (Å²) in [5.41, 5.74) is 6.92. The van der Waals surface area contributed by atoms with Crippen LogP contribution in [0.1, 0.15) is 47.0 Å². The lowest BCUT2D eigenvalue weighted by molar-refractivity contribution is -0.198. The molecular formula is C32H32F3N7O5. The van der Waals surface area contributed by atoms with Crippen LogP contribution in [-0.4, -0.2) is 73.8 Å². The number of rotatable bonds is 8. The predicted octanol–water partition coefficient (Wildman–Crippen LogP) is 4.63. The first-order chi connectivity index (χ1) is 22.3. The van der Waals surface area contributed by atoms with Crippen LogP contribution in [0.15, 0.2) is 60.8 Å². The molecule has 4 aromatic rings. The third kappa shape index (κ3) is 6.70. The third-order valence-corrected chi connectivity index (χ3v) is 8.77. The van der Waals surface area contributed by atoms with Crippen molar-refractivity contribution in [3.63, 3.8) is 0 Å². The van der Waals surface area contributed by atoms with Crippen LogP contribution in [0.5, 0.6) is 5.88 Å². The molecule has 2 atom stereocenters. The number of carboxylic acid groups (broad SMARTS) is 2. The molecule has 0 radical (unpaired) electrons. The monoisotopic (exact) mass is 651 g/mol. The SMILES string of the molecule is Cc1ccn(-c2ccc(-c3cccc(C(=O)O)c3)cc2C(Oc2cc(N3CCC4(CC3)CN[C@H](C(=O)O)C4)nc(N)n2)C(F)(F)F)n1. The second kappa shape index (κ2) is 12.2. The van der Waals surface area contributed by atoms with Gasteiger partial charge in [0, 0.05) is 37.5 Å². The zero-order valence-corrected chi connectivity index (χ0v) is 25.2. The van der Waals surface area contributed by atoms with Gasteiger partial charge in [-0.2, -0.15) is 28.2 Å². The number of aromatic nitrogens is 4. The number of anilines is 2. The lowest BCUT2D eigenvalue weighted by atomic mass is 9.76. The molecule has 4 heterocycles. The Morgan fingerprint density at radius 2 is 1.81 bits per heavy atom. The number of nitrogens with one attached hydrogen (secondary N) is 1. The number of piperidine rings is 1. The molecule has 2 fully saturated rings. The van der Waals surface area contributed by atoms with E-state index in [2.05, 4.69) is 20.4 Å². The van der Waals surface area contributed by atoms with E-state index in [1.54, 1.807) is 25.1 Å². The zero-order chi connectivity index (χ0) is 33.5. The molecule has 2 aliphatic rings. The maximum absolute atomic E-state index is 14.9. The summed E-state index contributed by atoms with van der Waals surface area (Å²) < 4.78 is 51.8. The minimum absolute atomic E-state index is 0.0158. The van der Waals surface area contributed by atoms with Gasteiger partial charge in [0.25, 0.3) is 0 Å². The molecule has 2 saturated heterocycles. The molecule has 15 heteroatoms. The number of hydrogen-bond donors (Lipinski definition) is 4. The second-order valence-corrected chi connectivity index (χ2v) is 12.0. The maximum atomic E-state index is 14.9. The number of carbonyl (C=O) groups is 2. The average Bonchev–Trinajstić information content (AvgIpc) is 3.66. The van der Waals surface area contributed by atoms with Crippen molar-refractivity contribution in [1.29, 1.82) is 0 Å². The number of nitrogens with two attached hydrogens (primary N) is 1. The summed E-state index contributed by atoms with van der Waals surface area (Å²) in [6, 6.07) is 12.6. The van der Waals surface area contributed by atoms with Crippen molar-refractivity contribution in [2.45, 2.75) is 44.5 Å². The molecule has 1 unspecified atom stereocenters. The van der Waals surface area contributed by atoms with Crippen LogP contribution in [0.2, 0.25) is 0 Å². The lowest BCUT2D eigenvalue weighted by Crippen LogP contribution is -2.41. The second-order valence-electron chi connectivity index (χ2n) is 12.0. The Morgan fingerprint density at radius 3 is 2.45 bits per heavy atom. The Labute approximate surface area is 267 Å². The largest absolute Gasteiger partial charge is 0.480 e. The zero-order valence-electron chi connectivity index (χ0n) is 25.2. The summed E-state index contributed by atoms with van der Waals surface area (Å²) >= 11 is 0. The van der Waals surface area contributed by atoms with E-state index < -0.39 is 30.3 Å². The average molecular weight is 652 g/mol. The summed E-state index contributed by atoms with van der Waals surface area (Å²) in [6.45, 7) is 3.27. The van der Waals surface area contributed by atoms with Gasteiger partial charge in [-0.15, -0.1) is 0 Å². The molecule has 47 heavy (non-hydrogen) atoms. The van der Waals surface area contributed by atoms with Crippen molar-refractivity contribution >= 4 is 23.7 Å². The predicted molar refractivity (Wildman–Crippen MR) is 164 cm³/mol. The van der Waals surface area contributed by atoms with Gasteiger partial charge in [0.05, 0.1) is 16.9 Å². The van der Waals surface area contributed by atoms with E-state index in [9.17, 15) is 33.0 Å². The number of aromatic carboxylic acids is 1. The fourth-order valence-corrected chi connectivity index (χ4v) is 6.30. The molecule has 2 aliphatic heterocycles. The molecule has 2 aromatic heterocycles. The highest BCUT2D eigenvalue weighted by atomic mass is 19.4. The Morgan fingerprint density at radius 1 is 1.06 bits per heavy atom. The number of nitrogens with zero attached hydrogens (tertiary/aromatic N) is 5. The normalized spacial score (nSPS) is 18.3. The number of ether oxygens (including phenoxy) is 1. The lowest BCUT2D eigenvalue weighted by Gasteiger charge is -2.39. The van der Waals surface area contributed by atoms with Crippen LogP contribution >= 0.6 is 0 Å². The molecule has 0 bridgehead atoms. The van der Waals surface area contributed by atoms with Gasteiger partial charge < -0.3 is 30.9 Å². The van der Waals surface area contributed by atoms with E-state index in [1.807, 2.05) is 4.90 Å². The van der Waals surface area contributed by atoms with Crippen molar-refractivity contribution in [2.75, 3.05) is 30.3 Å². The first kappa shape index (κ1) is 31.8. The number of aliphatic carboxylic acids is 1. The standard InChI is InChI=1S/C32H32F3N7O5/c1-18-7-10-42(40-18)24-6-5-20(19-3-2-4-21(13-19)28(43)44)14-22(24)27(32(33,34)35)47-26-15-25(38-30(36)39-26)41-11-8-31(9-12-41)16-23(29(45)46)37-17-31/h2-7,10,13-15,23,27,37H,8-9,11-12,16-17H2,1H3,(H,43,44)(H,45,46)(H2,36,38,39)/t23-,27?/m0/s1. The van der Waals surface area contributed by atoms with Gasteiger partial charge >= 0.3 is 18.1 Å². The van der Waals surface area contributed by atoms with E-state index in [0.29, 0.717) is 61.5 Å². The number of halogens is 3. The minimum atomic E-state index is -4.92. The molecule has 0 amide bonds. The Bertz CT molecular complexity index is 1820. The van der Waals surface area contributed by atoms with Gasteiger partial charge in [-0.1, -0.05) is 18.2 Å². The third-order valence-electron chi connectivity index (χ3n) is 8.77. The molecule has 0 saturated carbocycles. The number of carboxylic acids is 2. The summed E-state index contributed by atoms with van der Waals surface area (Å²) in [7, 11) is 0. The highest BCUT2D eigenvalue weighted by Gasteiger charge is 2.46. The molecule has 1 spiro atoms. The number of hydrogen-bond acceptors (Lipinski definition) is 9. The molecule has 246 valence electrons. The topological polar surface area (TPSA) is 169 Å². The number of benzene rings is 2. The van der Waals surface area contributed by atoms with Gasteiger partial charge in [-0.05, 0) is 73.1 Å². The van der Waals surface area contributed by atoms with E-state index >= 15 is 0 Å². The molecule has 0 aliphatic carbocycles. The van der Waals surface area contributed by atoms with Crippen LogP contribution in [0.3, 0.4) is 0 Å². The van der Waals surface area contributed by atoms with Crippen LogP contribution in [0, 0.1) is 12.3 Å². The first-order valence-electron chi connectivity index (χ1n) is 14.9. The van der Waals surface area contributed by atoms with E-state index in [1.165, 1.54) is 47.3 Å². The van der Waals surface area contributed by atoms with Gasteiger partial charge in [-0.3, -0.25) is 4.79 Å². The summed E-state index contributed by atoms with van der Waals surface area (Å²) in [4.78, 5) is 33.2. The Kier molecular flexibility index (Phi) is 8.26. The van der Waals surface area contributed by atoms with Crippen molar-refractivity contribution in [3.8, 4) is 22.7 Å². The molecule has 5 N–H and O–H groups in total. The van der Waals surface area contributed by atoms with Gasteiger partial charge in [-0.25, -0.2) is 9.48 Å². The summed E-state index contributed by atoms with van der Waals surface area (Å²) in [5.74, 6) is -2.42. The summed E-state index contributed by atoms with van der Waals surface area (Å²) in [5, 5.41) is 26.2. The number of alkyl halides is 3. The van der Waals surface area contributed by atoms with Gasteiger partial charge in [0.15, 0.2) is 0 Å². The molecule has 12 nitrogen and oxygen atoms in total. The fourth-order valence-electron chi connectivity index (χ4n) is 6.30. The fraction of sp³-hybridized carbons (Fsp3) is 0.344. The Hall–Kier alpha value is -5.18. The summed E-state index contributed by atoms with van der Waals surface area (Å²) in [6.07, 6.45) is -4.08. The molecule has 6 rings (SSSR count). The number of aryl methyl sites for hydroxylation is 1. The molecular weight excluding hydrogens is 619 g/mol. The van der Waals surface area contributed by atoms with Crippen LogP contribution in [-0.2, 0) is 4.79 Å². The first-order valence-corrected chi connectivity index (χ1v) is 14.9. The number of nitrogen functional groups attached to an aromatic ring is 1. The highest BCUT2D eigenvalue weighted by molar-refractivity contribution is 5.89. The smallest absolute Gasteiger partial charge is 0.429 e. The van der Waals surface area contributed by atoms with Crippen molar-refractivity contribution in [1.82, 2.24) is 25.1 Å². The van der Waals surface area contributed by atoms with E-state index in [4.69, 9.17) is 10.5 Å². The van der Waals surface area contributed by atoms with E-state index in [0.717, 1.165) is 0 Å². The van der Waals surface area contributed by atoms with Crippen LogP contribution < -0.4 is 20.7 Å². The highest BCUT2D eigenvalue weighted by Crippen LogP contribution is 2.43. The Balaban J connectivity index is 1.34. The van der Waals surface area contributed by atoms with Crippen molar-refractivity contribution in [2.24, 2.45) is 5.41 Å². The quantitative estimate of drug-likeness (QED) is 0.210.